The quantitative estimate of drug-likeness (QED) is 0.694. The van der Waals surface area contributed by atoms with E-state index in [1.54, 1.807) is 58.6 Å². The smallest absolute Gasteiger partial charge is 0.280 e. The van der Waals surface area contributed by atoms with Crippen LogP contribution >= 0.6 is 11.6 Å². The fourth-order valence-electron chi connectivity index (χ4n) is 3.02. The Bertz CT molecular complexity index is 973. The summed E-state index contributed by atoms with van der Waals surface area (Å²) < 4.78 is 16.1. The number of benzene rings is 2. The maximum Gasteiger partial charge on any atom is 0.280 e. The fourth-order valence-corrected chi connectivity index (χ4v) is 3.19. The van der Waals surface area contributed by atoms with Gasteiger partial charge in [0.05, 0.1) is 38.3 Å². The summed E-state index contributed by atoms with van der Waals surface area (Å²) in [5, 5.41) is 6.38. The van der Waals surface area contributed by atoms with Gasteiger partial charge in [0.1, 0.15) is 0 Å². The van der Waals surface area contributed by atoms with Gasteiger partial charge in [-0.05, 0) is 55.3 Å². The SMILES string of the molecule is COc1cc(/C=C2/C(=O)N(c3cccc(Cl)c3C)N=C2C)cc(OC)c1OC. The van der Waals surface area contributed by atoms with Crippen molar-refractivity contribution in [2.24, 2.45) is 5.10 Å². The van der Waals surface area contributed by atoms with Crippen LogP contribution in [0.3, 0.4) is 0 Å². The van der Waals surface area contributed by atoms with Gasteiger partial charge in [-0.2, -0.15) is 10.1 Å². The number of hydrogen-bond acceptors (Lipinski definition) is 5. The molecule has 146 valence electrons. The molecule has 3 rings (SSSR count). The number of nitrogens with zero attached hydrogens (tertiary/aromatic N) is 2. The predicted octanol–water partition coefficient (Wildman–Crippen LogP) is 4.48. The molecular weight excluding hydrogens is 380 g/mol. The number of rotatable bonds is 5. The highest BCUT2D eigenvalue weighted by atomic mass is 35.5. The van der Waals surface area contributed by atoms with Crippen molar-refractivity contribution in [1.82, 2.24) is 0 Å². The molecule has 1 aliphatic rings. The van der Waals surface area contributed by atoms with Crippen LogP contribution in [0.2, 0.25) is 5.02 Å². The number of carbonyl (C=O) groups excluding carboxylic acids is 1. The number of halogens is 1. The number of anilines is 1. The summed E-state index contributed by atoms with van der Waals surface area (Å²) in [4.78, 5) is 13.0. The zero-order valence-electron chi connectivity index (χ0n) is 16.4. The molecule has 7 heteroatoms. The topological polar surface area (TPSA) is 60.4 Å². The molecule has 1 heterocycles. The summed E-state index contributed by atoms with van der Waals surface area (Å²) >= 11 is 6.20. The number of hydrazone groups is 1. The van der Waals surface area contributed by atoms with Crippen molar-refractivity contribution in [2.75, 3.05) is 26.3 Å². The Kier molecular flexibility index (Phi) is 5.61. The van der Waals surface area contributed by atoms with Crippen molar-refractivity contribution in [1.29, 1.82) is 0 Å². The summed E-state index contributed by atoms with van der Waals surface area (Å²) in [6, 6.07) is 8.95. The number of methoxy groups -OCH3 is 3. The van der Waals surface area contributed by atoms with Gasteiger partial charge in [0.15, 0.2) is 11.5 Å². The predicted molar refractivity (Wildman–Crippen MR) is 111 cm³/mol. The van der Waals surface area contributed by atoms with Crippen molar-refractivity contribution < 1.29 is 19.0 Å². The first kappa shape index (κ1) is 19.8. The molecule has 0 saturated heterocycles. The molecule has 0 fully saturated rings. The van der Waals surface area contributed by atoms with E-state index in [4.69, 9.17) is 25.8 Å². The summed E-state index contributed by atoms with van der Waals surface area (Å²) in [6.07, 6.45) is 1.76. The maximum absolute atomic E-state index is 13.0. The van der Waals surface area contributed by atoms with E-state index in [-0.39, 0.29) is 5.91 Å². The van der Waals surface area contributed by atoms with Crippen LogP contribution in [0.5, 0.6) is 17.2 Å². The zero-order valence-corrected chi connectivity index (χ0v) is 17.1. The lowest BCUT2D eigenvalue weighted by Crippen LogP contribution is -2.22. The first-order valence-corrected chi connectivity index (χ1v) is 8.96. The molecule has 0 unspecified atom stereocenters. The van der Waals surface area contributed by atoms with Crippen LogP contribution in [0.15, 0.2) is 41.0 Å². The van der Waals surface area contributed by atoms with E-state index in [1.807, 2.05) is 13.0 Å². The van der Waals surface area contributed by atoms with Crippen LogP contribution in [0.25, 0.3) is 6.08 Å². The van der Waals surface area contributed by atoms with E-state index < -0.39 is 0 Å². The lowest BCUT2D eigenvalue weighted by Gasteiger charge is -2.15. The van der Waals surface area contributed by atoms with E-state index in [1.165, 1.54) is 5.01 Å². The Morgan fingerprint density at radius 3 is 2.25 bits per heavy atom. The highest BCUT2D eigenvalue weighted by Crippen LogP contribution is 2.39. The van der Waals surface area contributed by atoms with Gasteiger partial charge in [-0.25, -0.2) is 0 Å². The minimum Gasteiger partial charge on any atom is -0.493 e. The van der Waals surface area contributed by atoms with Crippen LogP contribution in [-0.4, -0.2) is 32.9 Å². The van der Waals surface area contributed by atoms with E-state index in [0.29, 0.717) is 39.2 Å². The number of ether oxygens (including phenoxy) is 3. The average molecular weight is 401 g/mol. The van der Waals surface area contributed by atoms with Crippen molar-refractivity contribution in [2.45, 2.75) is 13.8 Å². The average Bonchev–Trinajstić information content (AvgIpc) is 2.97. The Hall–Kier alpha value is -2.99. The Morgan fingerprint density at radius 1 is 1.04 bits per heavy atom. The van der Waals surface area contributed by atoms with Gasteiger partial charge in [0.25, 0.3) is 5.91 Å². The molecule has 2 aromatic carbocycles. The van der Waals surface area contributed by atoms with E-state index in [2.05, 4.69) is 5.10 Å². The summed E-state index contributed by atoms with van der Waals surface area (Å²) in [7, 11) is 4.64. The highest BCUT2D eigenvalue weighted by Gasteiger charge is 2.30. The molecule has 1 aliphatic heterocycles. The van der Waals surface area contributed by atoms with Gasteiger partial charge < -0.3 is 14.2 Å². The largest absolute Gasteiger partial charge is 0.493 e. The second-order valence-electron chi connectivity index (χ2n) is 6.20. The molecule has 0 saturated carbocycles. The molecule has 28 heavy (non-hydrogen) atoms. The van der Waals surface area contributed by atoms with Gasteiger partial charge in [-0.15, -0.1) is 0 Å². The molecule has 0 atom stereocenters. The summed E-state index contributed by atoms with van der Waals surface area (Å²) in [5.74, 6) is 1.29. The number of carbonyl (C=O) groups is 1. The second kappa shape index (κ2) is 7.94. The van der Waals surface area contributed by atoms with Gasteiger partial charge in [-0.1, -0.05) is 17.7 Å². The van der Waals surface area contributed by atoms with Gasteiger partial charge >= 0.3 is 0 Å². The molecule has 6 nitrogen and oxygen atoms in total. The van der Waals surface area contributed by atoms with Crippen LogP contribution in [0.1, 0.15) is 18.1 Å². The lowest BCUT2D eigenvalue weighted by atomic mass is 10.1. The monoisotopic (exact) mass is 400 g/mol. The highest BCUT2D eigenvalue weighted by molar-refractivity contribution is 6.34. The molecule has 0 N–H and O–H groups in total. The Balaban J connectivity index is 2.03. The van der Waals surface area contributed by atoms with Crippen molar-refractivity contribution in [3.05, 3.63) is 52.1 Å². The molecule has 0 radical (unpaired) electrons. The van der Waals surface area contributed by atoms with Gasteiger partial charge in [0.2, 0.25) is 5.75 Å². The molecule has 0 aliphatic carbocycles. The normalized spacial score (nSPS) is 15.1. The van der Waals surface area contributed by atoms with Crippen LogP contribution in [0, 0.1) is 6.92 Å². The summed E-state index contributed by atoms with van der Waals surface area (Å²) in [5.41, 5.74) is 3.28. The third-order valence-electron chi connectivity index (χ3n) is 4.53. The molecule has 0 spiro atoms. The molecular formula is C21H21ClN2O4. The van der Waals surface area contributed by atoms with Crippen LogP contribution in [0.4, 0.5) is 5.69 Å². The molecule has 2 aromatic rings. The van der Waals surface area contributed by atoms with Crippen LogP contribution < -0.4 is 19.2 Å². The molecule has 1 amide bonds. The van der Waals surface area contributed by atoms with Crippen molar-refractivity contribution in [3.63, 3.8) is 0 Å². The van der Waals surface area contributed by atoms with Gasteiger partial charge in [0, 0.05) is 5.02 Å². The van der Waals surface area contributed by atoms with E-state index in [9.17, 15) is 4.79 Å². The first-order valence-electron chi connectivity index (χ1n) is 8.58. The number of amides is 1. The van der Waals surface area contributed by atoms with E-state index in [0.717, 1.165) is 11.1 Å². The Morgan fingerprint density at radius 2 is 1.68 bits per heavy atom. The van der Waals surface area contributed by atoms with Crippen LogP contribution in [-0.2, 0) is 4.79 Å². The zero-order chi connectivity index (χ0) is 20.4. The Labute approximate surface area is 169 Å². The lowest BCUT2D eigenvalue weighted by molar-refractivity contribution is -0.114. The third kappa shape index (κ3) is 3.43. The first-order chi connectivity index (χ1) is 13.4. The fraction of sp³-hybridized carbons (Fsp3) is 0.238. The van der Waals surface area contributed by atoms with E-state index >= 15 is 0 Å². The number of hydrogen-bond donors (Lipinski definition) is 0. The minimum absolute atomic E-state index is 0.225. The van der Waals surface area contributed by atoms with Crippen molar-refractivity contribution in [3.8, 4) is 17.2 Å². The maximum atomic E-state index is 13.0. The molecule has 0 bridgehead atoms. The summed E-state index contributed by atoms with van der Waals surface area (Å²) in [6.45, 7) is 3.65. The van der Waals surface area contributed by atoms with Gasteiger partial charge in [-0.3, -0.25) is 4.79 Å². The minimum atomic E-state index is -0.225. The third-order valence-corrected chi connectivity index (χ3v) is 4.94. The standard InChI is InChI=1S/C21H21ClN2O4/c1-12-16(22)7-6-8-17(12)24-21(25)15(13(2)23-24)9-14-10-18(26-3)20(28-5)19(11-14)27-4/h6-11H,1-5H3/b15-9+. The molecule has 0 aromatic heterocycles. The second-order valence-corrected chi connectivity index (χ2v) is 6.61. The van der Waals surface area contributed by atoms with Crippen molar-refractivity contribution >= 4 is 35.0 Å².